The van der Waals surface area contributed by atoms with Crippen molar-refractivity contribution in [2.75, 3.05) is 20.7 Å². The third-order valence-corrected chi connectivity index (χ3v) is 5.86. The van der Waals surface area contributed by atoms with Crippen molar-refractivity contribution in [2.45, 2.75) is 31.0 Å². The average molecular weight is 379 g/mol. The predicted octanol–water partition coefficient (Wildman–Crippen LogP) is 2.14. The Morgan fingerprint density at radius 2 is 1.92 bits per heavy atom. The Labute approximate surface area is 152 Å². The first kappa shape index (κ1) is 18.5. The summed E-state index contributed by atoms with van der Waals surface area (Å²) in [6.07, 6.45) is 3.27. The Morgan fingerprint density at radius 1 is 1.15 bits per heavy atom. The number of rotatable bonds is 7. The first-order valence-corrected chi connectivity index (χ1v) is 9.72. The van der Waals surface area contributed by atoms with Gasteiger partial charge < -0.3 is 13.9 Å². The van der Waals surface area contributed by atoms with E-state index in [2.05, 4.69) is 0 Å². The molecule has 2 aromatic rings. The predicted molar refractivity (Wildman–Crippen MR) is 93.3 cm³/mol. The van der Waals surface area contributed by atoms with Crippen LogP contribution in [0.25, 0.3) is 0 Å². The van der Waals surface area contributed by atoms with Crippen LogP contribution in [0.3, 0.4) is 0 Å². The number of carbonyl (C=O) groups is 1. The number of carbonyl (C=O) groups excluding carboxylic acids is 1. The molecule has 0 spiro atoms. The SMILES string of the molecule is CN(C)S(=O)(=O)c1ccc(COC(=O)COc2ccc3c(c2)CCC3)o1. The van der Waals surface area contributed by atoms with E-state index in [0.717, 1.165) is 23.6 Å². The van der Waals surface area contributed by atoms with Gasteiger partial charge in [0, 0.05) is 14.1 Å². The van der Waals surface area contributed by atoms with Gasteiger partial charge in [-0.05, 0) is 54.7 Å². The second-order valence-corrected chi connectivity index (χ2v) is 8.32. The number of ether oxygens (including phenoxy) is 2. The zero-order valence-corrected chi connectivity index (χ0v) is 15.5. The summed E-state index contributed by atoms with van der Waals surface area (Å²) in [5.41, 5.74) is 2.60. The maximum Gasteiger partial charge on any atom is 0.344 e. The van der Waals surface area contributed by atoms with Gasteiger partial charge in [-0.15, -0.1) is 0 Å². The summed E-state index contributed by atoms with van der Waals surface area (Å²) in [6, 6.07) is 8.63. The molecule has 0 unspecified atom stereocenters. The Kier molecular flexibility index (Phi) is 5.33. The molecule has 3 rings (SSSR count). The van der Waals surface area contributed by atoms with Crippen molar-refractivity contribution >= 4 is 16.0 Å². The highest BCUT2D eigenvalue weighted by molar-refractivity contribution is 7.88. The molecule has 1 aliphatic carbocycles. The Balaban J connectivity index is 1.49. The topological polar surface area (TPSA) is 86.0 Å². The summed E-state index contributed by atoms with van der Waals surface area (Å²) >= 11 is 0. The van der Waals surface area contributed by atoms with Gasteiger partial charge in [-0.3, -0.25) is 0 Å². The Bertz CT molecular complexity index is 900. The maximum absolute atomic E-state index is 11.9. The summed E-state index contributed by atoms with van der Waals surface area (Å²) in [5, 5.41) is -0.192. The fourth-order valence-corrected chi connectivity index (χ4v) is 3.54. The monoisotopic (exact) mass is 379 g/mol. The molecule has 0 fully saturated rings. The zero-order chi connectivity index (χ0) is 18.7. The van der Waals surface area contributed by atoms with Gasteiger partial charge in [0.2, 0.25) is 5.09 Å². The first-order chi connectivity index (χ1) is 12.4. The quantitative estimate of drug-likeness (QED) is 0.685. The molecular weight excluding hydrogens is 358 g/mol. The summed E-state index contributed by atoms with van der Waals surface area (Å²) in [6.45, 7) is -0.377. The molecule has 1 aromatic heterocycles. The van der Waals surface area contributed by atoms with E-state index in [4.69, 9.17) is 13.9 Å². The molecule has 1 aliphatic rings. The minimum atomic E-state index is -3.64. The molecular formula is C18H21NO6S. The van der Waals surface area contributed by atoms with E-state index in [1.165, 1.54) is 37.4 Å². The van der Waals surface area contributed by atoms with Crippen molar-refractivity contribution in [1.29, 1.82) is 0 Å². The Morgan fingerprint density at radius 3 is 2.69 bits per heavy atom. The van der Waals surface area contributed by atoms with Gasteiger partial charge in [0.25, 0.3) is 10.0 Å². The molecule has 0 atom stereocenters. The van der Waals surface area contributed by atoms with Crippen LogP contribution in [-0.2, 0) is 39.0 Å². The zero-order valence-electron chi connectivity index (χ0n) is 14.7. The first-order valence-electron chi connectivity index (χ1n) is 8.28. The molecule has 7 nitrogen and oxygen atoms in total. The molecule has 0 saturated carbocycles. The summed E-state index contributed by atoms with van der Waals surface area (Å²) in [5.74, 6) is 0.329. The second-order valence-electron chi connectivity index (χ2n) is 6.24. The van der Waals surface area contributed by atoms with E-state index >= 15 is 0 Å². The fourth-order valence-electron chi connectivity index (χ4n) is 2.73. The lowest BCUT2D eigenvalue weighted by molar-refractivity contribution is -0.147. The lowest BCUT2D eigenvalue weighted by atomic mass is 10.1. The van der Waals surface area contributed by atoms with Crippen molar-refractivity contribution in [2.24, 2.45) is 0 Å². The molecule has 0 bridgehead atoms. The number of aryl methyl sites for hydroxylation is 2. The van der Waals surface area contributed by atoms with Crippen molar-refractivity contribution in [3.8, 4) is 5.75 Å². The number of esters is 1. The molecule has 0 N–H and O–H groups in total. The average Bonchev–Trinajstić information content (AvgIpc) is 3.26. The third kappa shape index (κ3) is 4.08. The number of benzene rings is 1. The number of hydrogen-bond donors (Lipinski definition) is 0. The maximum atomic E-state index is 11.9. The molecule has 0 radical (unpaired) electrons. The lowest BCUT2D eigenvalue weighted by Gasteiger charge is -2.08. The van der Waals surface area contributed by atoms with E-state index in [1.807, 2.05) is 18.2 Å². The van der Waals surface area contributed by atoms with Crippen molar-refractivity contribution in [3.63, 3.8) is 0 Å². The van der Waals surface area contributed by atoms with Gasteiger partial charge in [0.15, 0.2) is 6.61 Å². The number of fused-ring (bicyclic) bond motifs is 1. The van der Waals surface area contributed by atoms with Crippen LogP contribution >= 0.6 is 0 Å². The van der Waals surface area contributed by atoms with Gasteiger partial charge in [-0.25, -0.2) is 17.5 Å². The van der Waals surface area contributed by atoms with E-state index in [-0.39, 0.29) is 24.1 Å². The van der Waals surface area contributed by atoms with Crippen LogP contribution in [-0.4, -0.2) is 39.4 Å². The molecule has 26 heavy (non-hydrogen) atoms. The van der Waals surface area contributed by atoms with E-state index in [1.54, 1.807) is 0 Å². The van der Waals surface area contributed by atoms with Crippen LogP contribution < -0.4 is 4.74 Å². The minimum Gasteiger partial charge on any atom is -0.482 e. The highest BCUT2D eigenvalue weighted by Gasteiger charge is 2.21. The van der Waals surface area contributed by atoms with Crippen LogP contribution in [0, 0.1) is 0 Å². The van der Waals surface area contributed by atoms with Crippen molar-refractivity contribution < 1.29 is 27.1 Å². The molecule has 8 heteroatoms. The second kappa shape index (κ2) is 7.51. The van der Waals surface area contributed by atoms with Crippen molar-refractivity contribution in [3.05, 3.63) is 47.2 Å². The Hall–Kier alpha value is -2.32. The largest absolute Gasteiger partial charge is 0.482 e. The fraction of sp³-hybridized carbons (Fsp3) is 0.389. The lowest BCUT2D eigenvalue weighted by Crippen LogP contribution is -2.21. The summed E-state index contributed by atoms with van der Waals surface area (Å²) < 4.78 is 40.7. The van der Waals surface area contributed by atoms with Gasteiger partial charge in [-0.1, -0.05) is 6.07 Å². The molecule has 1 aromatic carbocycles. The van der Waals surface area contributed by atoms with E-state index in [0.29, 0.717) is 5.75 Å². The third-order valence-electron chi connectivity index (χ3n) is 4.17. The molecule has 140 valence electrons. The number of hydrogen-bond acceptors (Lipinski definition) is 6. The number of sulfonamides is 1. The molecule has 0 aliphatic heterocycles. The minimum absolute atomic E-state index is 0.157. The van der Waals surface area contributed by atoms with Crippen LogP contribution in [0.4, 0.5) is 0 Å². The highest BCUT2D eigenvalue weighted by atomic mass is 32.2. The van der Waals surface area contributed by atoms with Crippen LogP contribution in [0.1, 0.15) is 23.3 Å². The van der Waals surface area contributed by atoms with Gasteiger partial charge in [0.1, 0.15) is 18.1 Å². The smallest absolute Gasteiger partial charge is 0.344 e. The van der Waals surface area contributed by atoms with Gasteiger partial charge >= 0.3 is 5.97 Å². The highest BCUT2D eigenvalue weighted by Crippen LogP contribution is 2.26. The van der Waals surface area contributed by atoms with Crippen LogP contribution in [0.15, 0.2) is 39.8 Å². The van der Waals surface area contributed by atoms with Crippen LogP contribution in [0.5, 0.6) is 5.75 Å². The van der Waals surface area contributed by atoms with Gasteiger partial charge in [0.05, 0.1) is 0 Å². The molecule has 0 saturated heterocycles. The van der Waals surface area contributed by atoms with Crippen LogP contribution in [0.2, 0.25) is 0 Å². The van der Waals surface area contributed by atoms with Crippen molar-refractivity contribution in [1.82, 2.24) is 4.31 Å². The normalized spacial score (nSPS) is 13.7. The van der Waals surface area contributed by atoms with E-state index in [9.17, 15) is 13.2 Å². The van der Waals surface area contributed by atoms with Gasteiger partial charge in [-0.2, -0.15) is 0 Å². The summed E-state index contributed by atoms with van der Waals surface area (Å²) in [7, 11) is -0.823. The molecule has 0 amide bonds. The number of nitrogens with zero attached hydrogens (tertiary/aromatic N) is 1. The molecule has 1 heterocycles. The number of furan rings is 1. The van der Waals surface area contributed by atoms with E-state index < -0.39 is 16.0 Å². The summed E-state index contributed by atoms with van der Waals surface area (Å²) in [4.78, 5) is 11.8. The standard InChI is InChI=1S/C18H21NO6S/c1-19(2)26(21,22)18-9-8-16(25-18)11-24-17(20)12-23-15-7-6-13-4-3-5-14(13)10-15/h6-10H,3-5,11-12H2,1-2H3.